The molecule has 1 aromatic rings. The van der Waals surface area contributed by atoms with Crippen LogP contribution in [0, 0.1) is 5.41 Å². The molecule has 2 aliphatic rings. The van der Waals surface area contributed by atoms with Gasteiger partial charge in [-0.3, -0.25) is 29.5 Å². The lowest BCUT2D eigenvalue weighted by molar-refractivity contribution is -0.143. The molecule has 1 saturated carbocycles. The largest absolute Gasteiger partial charge is 0.477 e. The number of amidine groups is 1. The van der Waals surface area contributed by atoms with Crippen molar-refractivity contribution in [2.24, 2.45) is 10.7 Å². The molecule has 0 radical (unpaired) electrons. The minimum atomic E-state index is -1.35. The Kier molecular flexibility index (Phi) is 9.64. The first-order chi connectivity index (χ1) is 17.6. The Balaban J connectivity index is 1.98. The average Bonchev–Trinajstić information content (AvgIpc) is 3.54. The number of hydrogen-bond donors (Lipinski definition) is 3. The highest BCUT2D eigenvalue weighted by Gasteiger charge is 2.41. The van der Waals surface area contributed by atoms with Crippen LogP contribution in [0.1, 0.15) is 72.0 Å². The molecule has 1 atom stereocenters. The van der Waals surface area contributed by atoms with Gasteiger partial charge in [0.2, 0.25) is 5.91 Å². The van der Waals surface area contributed by atoms with Crippen LogP contribution in [0.3, 0.4) is 0 Å². The van der Waals surface area contributed by atoms with Crippen molar-refractivity contribution in [3.05, 3.63) is 21.4 Å². The smallest absolute Gasteiger partial charge is 0.347 e. The number of aliphatic imine (C=N–C) groups is 1. The molecular formula is C24H31N5O7S. The lowest BCUT2D eigenvalue weighted by atomic mass is 9.93. The molecule has 1 aromatic heterocycles. The number of ether oxygens (including phenoxy) is 1. The molecule has 1 saturated heterocycles. The molecule has 200 valence electrons. The van der Waals surface area contributed by atoms with Gasteiger partial charge < -0.3 is 20.5 Å². The van der Waals surface area contributed by atoms with E-state index in [1.165, 1.54) is 22.8 Å². The van der Waals surface area contributed by atoms with Gasteiger partial charge in [0.1, 0.15) is 18.9 Å². The lowest BCUT2D eigenvalue weighted by Crippen LogP contribution is -2.54. The van der Waals surface area contributed by atoms with Crippen molar-refractivity contribution >= 4 is 53.0 Å². The average molecular weight is 534 g/mol. The van der Waals surface area contributed by atoms with E-state index in [4.69, 9.17) is 21.0 Å². The topological polar surface area (TPSA) is 184 Å². The molecule has 2 heterocycles. The Labute approximate surface area is 218 Å². The number of imide groups is 1. The zero-order chi connectivity index (χ0) is 27.1. The van der Waals surface area contributed by atoms with Gasteiger partial charge >= 0.3 is 11.9 Å². The fourth-order valence-corrected chi connectivity index (χ4v) is 5.71. The Morgan fingerprint density at radius 3 is 2.54 bits per heavy atom. The molecule has 0 bridgehead atoms. The maximum absolute atomic E-state index is 13.9. The van der Waals surface area contributed by atoms with Crippen molar-refractivity contribution in [1.29, 1.82) is 5.41 Å². The van der Waals surface area contributed by atoms with E-state index >= 15 is 0 Å². The number of amides is 3. The van der Waals surface area contributed by atoms with E-state index in [9.17, 15) is 24.0 Å². The number of rotatable bonds is 8. The summed E-state index contributed by atoms with van der Waals surface area (Å²) >= 11 is 0.876. The zero-order valence-corrected chi connectivity index (χ0v) is 21.4. The van der Waals surface area contributed by atoms with Gasteiger partial charge in [-0.05, 0) is 31.7 Å². The van der Waals surface area contributed by atoms with Gasteiger partial charge in [-0.1, -0.05) is 19.3 Å². The first-order valence-electron chi connectivity index (χ1n) is 12.1. The van der Waals surface area contributed by atoms with Crippen LogP contribution in [-0.2, 0) is 30.5 Å². The normalized spacial score (nSPS) is 18.1. The fraction of sp³-hybridized carbons (Fsp3) is 0.542. The Morgan fingerprint density at radius 2 is 1.92 bits per heavy atom. The number of carboxylic acids is 1. The van der Waals surface area contributed by atoms with E-state index < -0.39 is 35.6 Å². The Hall–Kier alpha value is -3.45. The number of nitrogens with two attached hydrogens (primary N) is 1. The lowest BCUT2D eigenvalue weighted by Gasteiger charge is -2.36. The number of carbonyl (C=O) groups excluding carboxylic acids is 4. The molecular weight excluding hydrogens is 502 g/mol. The highest BCUT2D eigenvalue weighted by atomic mass is 32.1. The number of nitrogens with one attached hydrogen (secondary N) is 1. The standard InChI is InChI=1S/C24H31N5O7S/c1-14(30)36-13-15-10-18(37-21(15)22(26)27-12-20(32)33)24(35)29(16-6-3-2-4-7-16)23(34)17-8-5-9-28(17)19(31)11-25/h10,12,16-17,26H,2-9,11,13,25H2,1H3,(H,32,33)/t17-/m0/s1. The summed E-state index contributed by atoms with van der Waals surface area (Å²) in [5, 5.41) is 17.0. The highest BCUT2D eigenvalue weighted by molar-refractivity contribution is 7.16. The zero-order valence-electron chi connectivity index (χ0n) is 20.6. The van der Waals surface area contributed by atoms with Gasteiger partial charge in [0.15, 0.2) is 5.84 Å². The second-order valence-corrected chi connectivity index (χ2v) is 10.00. The minimum absolute atomic E-state index is 0.126. The molecule has 1 aliphatic carbocycles. The molecule has 0 aromatic carbocycles. The predicted molar refractivity (Wildman–Crippen MR) is 135 cm³/mol. The van der Waals surface area contributed by atoms with Crippen LogP contribution in [0.4, 0.5) is 0 Å². The molecule has 1 aliphatic heterocycles. The summed E-state index contributed by atoms with van der Waals surface area (Å²) in [4.78, 5) is 68.8. The molecule has 13 heteroatoms. The summed E-state index contributed by atoms with van der Waals surface area (Å²) in [6.45, 7) is 1.13. The van der Waals surface area contributed by atoms with Gasteiger partial charge in [0, 0.05) is 25.1 Å². The van der Waals surface area contributed by atoms with Gasteiger partial charge in [-0.15, -0.1) is 11.3 Å². The predicted octanol–water partition coefficient (Wildman–Crippen LogP) is 1.54. The van der Waals surface area contributed by atoms with Crippen LogP contribution in [-0.4, -0.2) is 81.8 Å². The van der Waals surface area contributed by atoms with E-state index in [1.807, 2.05) is 0 Å². The first-order valence-corrected chi connectivity index (χ1v) is 12.9. The monoisotopic (exact) mass is 533 g/mol. The van der Waals surface area contributed by atoms with Crippen molar-refractivity contribution in [3.63, 3.8) is 0 Å². The Bertz CT molecular complexity index is 1110. The summed E-state index contributed by atoms with van der Waals surface area (Å²) in [6.07, 6.45) is 5.63. The van der Waals surface area contributed by atoms with Crippen LogP contribution in [0.5, 0.6) is 0 Å². The summed E-state index contributed by atoms with van der Waals surface area (Å²) in [6, 6.07) is 0.327. The number of thiophene rings is 1. The van der Waals surface area contributed by atoms with Crippen LogP contribution >= 0.6 is 11.3 Å². The van der Waals surface area contributed by atoms with E-state index in [-0.39, 0.29) is 34.9 Å². The maximum atomic E-state index is 13.9. The molecule has 3 amide bonds. The summed E-state index contributed by atoms with van der Waals surface area (Å²) in [5.41, 5.74) is 5.84. The SMILES string of the molecule is CC(=O)OCc1cc(C(=O)N(C(=O)[C@@H]2CCCN2C(=O)CN)C2CCCCC2)sc1C(=N)N=CC(=O)O. The van der Waals surface area contributed by atoms with E-state index in [2.05, 4.69) is 4.99 Å². The van der Waals surface area contributed by atoms with Crippen LogP contribution < -0.4 is 5.73 Å². The van der Waals surface area contributed by atoms with Crippen LogP contribution in [0.15, 0.2) is 11.1 Å². The number of aliphatic carboxylic acids is 1. The second-order valence-electron chi connectivity index (χ2n) is 8.94. The first kappa shape index (κ1) is 28.1. The van der Waals surface area contributed by atoms with Gasteiger partial charge in [0.25, 0.3) is 11.8 Å². The van der Waals surface area contributed by atoms with Crippen molar-refractivity contribution in [1.82, 2.24) is 9.80 Å². The van der Waals surface area contributed by atoms with Crippen molar-refractivity contribution in [2.75, 3.05) is 13.1 Å². The third kappa shape index (κ3) is 6.86. The third-order valence-corrected chi connectivity index (χ3v) is 7.57. The van der Waals surface area contributed by atoms with E-state index in [0.29, 0.717) is 44.0 Å². The molecule has 4 N–H and O–H groups in total. The number of likely N-dealkylation sites (tertiary alicyclic amines) is 1. The quantitative estimate of drug-likeness (QED) is 0.194. The molecule has 12 nitrogen and oxygen atoms in total. The third-order valence-electron chi connectivity index (χ3n) is 6.40. The van der Waals surface area contributed by atoms with Gasteiger partial charge in [0.05, 0.1) is 16.3 Å². The van der Waals surface area contributed by atoms with Crippen molar-refractivity contribution in [3.8, 4) is 0 Å². The van der Waals surface area contributed by atoms with Crippen molar-refractivity contribution < 1.29 is 33.8 Å². The number of hydrogen-bond acceptors (Lipinski definition) is 9. The number of carbonyl (C=O) groups is 5. The highest BCUT2D eigenvalue weighted by Crippen LogP contribution is 2.31. The van der Waals surface area contributed by atoms with E-state index in [1.54, 1.807) is 0 Å². The summed E-state index contributed by atoms with van der Waals surface area (Å²) in [7, 11) is 0. The fourth-order valence-electron chi connectivity index (χ4n) is 4.70. The van der Waals surface area contributed by atoms with Crippen LogP contribution in [0.25, 0.3) is 0 Å². The number of carboxylic acid groups (broad SMARTS) is 1. The van der Waals surface area contributed by atoms with E-state index in [0.717, 1.165) is 30.6 Å². The summed E-state index contributed by atoms with van der Waals surface area (Å²) in [5.74, 6) is -3.71. The molecule has 3 rings (SSSR count). The van der Waals surface area contributed by atoms with Crippen LogP contribution in [0.2, 0.25) is 0 Å². The molecule has 0 unspecified atom stereocenters. The molecule has 37 heavy (non-hydrogen) atoms. The van der Waals surface area contributed by atoms with Gasteiger partial charge in [-0.25, -0.2) is 9.79 Å². The number of nitrogens with zero attached hydrogens (tertiary/aromatic N) is 3. The molecule has 0 spiro atoms. The molecule has 2 fully saturated rings. The minimum Gasteiger partial charge on any atom is -0.477 e. The maximum Gasteiger partial charge on any atom is 0.347 e. The second kappa shape index (κ2) is 12.7. The number of esters is 1. The summed E-state index contributed by atoms with van der Waals surface area (Å²) < 4.78 is 5.05. The van der Waals surface area contributed by atoms with Gasteiger partial charge in [-0.2, -0.15) is 0 Å². The van der Waals surface area contributed by atoms with Crippen molar-refractivity contribution in [2.45, 2.75) is 70.6 Å². The Morgan fingerprint density at radius 1 is 1.22 bits per heavy atom.